The summed E-state index contributed by atoms with van der Waals surface area (Å²) in [4.78, 5) is 0. The summed E-state index contributed by atoms with van der Waals surface area (Å²) >= 11 is 5.65. The van der Waals surface area contributed by atoms with E-state index in [-0.39, 0.29) is 5.60 Å². The van der Waals surface area contributed by atoms with Gasteiger partial charge in [-0.15, -0.1) is 11.6 Å². The average molecular weight is 257 g/mol. The molecule has 0 amide bonds. The third kappa shape index (κ3) is 5.74. The molecule has 0 saturated carbocycles. The fourth-order valence-electron chi connectivity index (χ4n) is 1.98. The lowest BCUT2D eigenvalue weighted by Gasteiger charge is -2.01. The van der Waals surface area contributed by atoms with Gasteiger partial charge in [0.05, 0.1) is 11.7 Å². The Kier molecular flexibility index (Phi) is 5.75. The Labute approximate surface area is 111 Å². The molecule has 98 valence electrons. The lowest BCUT2D eigenvalue weighted by Crippen LogP contribution is -2.02. The molecule has 1 fully saturated rings. The normalized spacial score (nSPS) is 23.9. The molecule has 0 N–H and O–H groups in total. The predicted octanol–water partition coefficient (Wildman–Crippen LogP) is 4.86. The zero-order valence-electron chi connectivity index (χ0n) is 11.6. The molecule has 1 aliphatic heterocycles. The van der Waals surface area contributed by atoms with Crippen molar-refractivity contribution >= 4 is 11.6 Å². The highest BCUT2D eigenvalue weighted by atomic mass is 35.5. The fraction of sp³-hybridized carbons (Fsp3) is 0.733. The summed E-state index contributed by atoms with van der Waals surface area (Å²) in [5.74, 6) is 0.628. The molecule has 0 aromatic carbocycles. The zero-order chi connectivity index (χ0) is 12.9. The Morgan fingerprint density at radius 3 is 2.29 bits per heavy atom. The van der Waals surface area contributed by atoms with Gasteiger partial charge in [0, 0.05) is 5.88 Å². The Balaban J connectivity index is 2.15. The van der Waals surface area contributed by atoms with Gasteiger partial charge in [0.2, 0.25) is 0 Å². The molecule has 0 aliphatic carbocycles. The third-order valence-corrected chi connectivity index (χ3v) is 3.58. The molecule has 1 atom stereocenters. The molecule has 1 aliphatic rings. The van der Waals surface area contributed by atoms with Crippen LogP contribution in [0.4, 0.5) is 0 Å². The highest BCUT2D eigenvalue weighted by molar-refractivity contribution is 6.18. The lowest BCUT2D eigenvalue weighted by molar-refractivity contribution is 0.320. The highest BCUT2D eigenvalue weighted by Crippen LogP contribution is 2.38. The summed E-state index contributed by atoms with van der Waals surface area (Å²) in [5.41, 5.74) is 3.01. The second-order valence-electron chi connectivity index (χ2n) is 5.54. The molecule has 0 bridgehead atoms. The standard InChI is InChI=1S/C15H25ClO/c1-12(6-5-7-13(2)10-11-16)8-9-14-15(3,4)17-14/h6,10,14H,5,7-9,11H2,1-4H3/b12-6+,13-10+/t14-/m0/s1. The molecule has 1 heterocycles. The second kappa shape index (κ2) is 6.61. The van der Waals surface area contributed by atoms with E-state index in [0.29, 0.717) is 12.0 Å². The number of hydrogen-bond acceptors (Lipinski definition) is 1. The van der Waals surface area contributed by atoms with Crippen LogP contribution in [0.5, 0.6) is 0 Å². The Morgan fingerprint density at radius 1 is 1.18 bits per heavy atom. The molecule has 17 heavy (non-hydrogen) atoms. The van der Waals surface area contributed by atoms with Crippen LogP contribution in [-0.2, 0) is 4.74 Å². The first-order valence-electron chi connectivity index (χ1n) is 6.50. The molecule has 2 heteroatoms. The van der Waals surface area contributed by atoms with Gasteiger partial charge in [-0.1, -0.05) is 23.3 Å². The maximum atomic E-state index is 5.65. The fourth-order valence-corrected chi connectivity index (χ4v) is 2.24. The molecule has 1 rings (SSSR count). The zero-order valence-corrected chi connectivity index (χ0v) is 12.3. The summed E-state index contributed by atoms with van der Waals surface area (Å²) in [5, 5.41) is 0. The summed E-state index contributed by atoms with van der Waals surface area (Å²) in [6.07, 6.45) is 9.48. The SMILES string of the molecule is C/C(=C\CCl)CC/C=C(\C)CC[C@@H]1OC1(C)C. The van der Waals surface area contributed by atoms with E-state index in [1.807, 2.05) is 0 Å². The van der Waals surface area contributed by atoms with Crippen LogP contribution in [0.15, 0.2) is 23.3 Å². The number of ether oxygens (including phenoxy) is 1. The topological polar surface area (TPSA) is 12.5 Å². The van der Waals surface area contributed by atoms with Gasteiger partial charge >= 0.3 is 0 Å². The van der Waals surface area contributed by atoms with Gasteiger partial charge < -0.3 is 4.74 Å². The summed E-state index contributed by atoms with van der Waals surface area (Å²) in [6, 6.07) is 0. The van der Waals surface area contributed by atoms with Gasteiger partial charge in [-0.2, -0.15) is 0 Å². The largest absolute Gasteiger partial charge is 0.367 e. The van der Waals surface area contributed by atoms with Crippen molar-refractivity contribution in [1.29, 1.82) is 0 Å². The van der Waals surface area contributed by atoms with Crippen molar-refractivity contribution in [2.75, 3.05) is 5.88 Å². The molecule has 0 aromatic heterocycles. The van der Waals surface area contributed by atoms with Crippen LogP contribution in [0.25, 0.3) is 0 Å². The molecule has 0 spiro atoms. The van der Waals surface area contributed by atoms with E-state index in [1.165, 1.54) is 11.1 Å². The Morgan fingerprint density at radius 2 is 1.76 bits per heavy atom. The van der Waals surface area contributed by atoms with Crippen LogP contribution in [0.2, 0.25) is 0 Å². The van der Waals surface area contributed by atoms with Crippen LogP contribution in [0.1, 0.15) is 53.4 Å². The lowest BCUT2D eigenvalue weighted by atomic mass is 10.0. The van der Waals surface area contributed by atoms with Crippen molar-refractivity contribution < 1.29 is 4.74 Å². The van der Waals surface area contributed by atoms with E-state index in [9.17, 15) is 0 Å². The van der Waals surface area contributed by atoms with Gasteiger partial charge in [0.25, 0.3) is 0 Å². The Hall–Kier alpha value is -0.270. The summed E-state index contributed by atoms with van der Waals surface area (Å²) < 4.78 is 5.58. The smallest absolute Gasteiger partial charge is 0.0892 e. The van der Waals surface area contributed by atoms with E-state index >= 15 is 0 Å². The number of halogens is 1. The minimum atomic E-state index is 0.139. The van der Waals surface area contributed by atoms with Gasteiger partial charge in [0.1, 0.15) is 0 Å². The summed E-state index contributed by atoms with van der Waals surface area (Å²) in [6.45, 7) is 8.69. The van der Waals surface area contributed by atoms with E-state index < -0.39 is 0 Å². The molecule has 0 radical (unpaired) electrons. The first kappa shape index (κ1) is 14.8. The number of epoxide rings is 1. The monoisotopic (exact) mass is 256 g/mol. The molecule has 1 nitrogen and oxygen atoms in total. The first-order valence-corrected chi connectivity index (χ1v) is 7.04. The molecular formula is C15H25ClO. The van der Waals surface area contributed by atoms with Gasteiger partial charge in [-0.3, -0.25) is 0 Å². The average Bonchev–Trinajstić information content (AvgIpc) is 2.84. The second-order valence-corrected chi connectivity index (χ2v) is 5.85. The van der Waals surface area contributed by atoms with Crippen LogP contribution < -0.4 is 0 Å². The number of allylic oxidation sites excluding steroid dienone is 4. The highest BCUT2D eigenvalue weighted by Gasteiger charge is 2.46. The van der Waals surface area contributed by atoms with E-state index in [0.717, 1.165) is 25.7 Å². The Bertz CT molecular complexity index is 302. The van der Waals surface area contributed by atoms with Gasteiger partial charge in [0.15, 0.2) is 0 Å². The van der Waals surface area contributed by atoms with Gasteiger partial charge in [-0.05, 0) is 53.4 Å². The van der Waals surface area contributed by atoms with Crippen LogP contribution in [0, 0.1) is 0 Å². The maximum Gasteiger partial charge on any atom is 0.0892 e. The molecule has 1 saturated heterocycles. The van der Waals surface area contributed by atoms with Crippen molar-refractivity contribution in [2.24, 2.45) is 0 Å². The maximum absolute atomic E-state index is 5.65. The van der Waals surface area contributed by atoms with Crippen molar-refractivity contribution in [3.63, 3.8) is 0 Å². The van der Waals surface area contributed by atoms with Crippen molar-refractivity contribution in [3.8, 4) is 0 Å². The minimum absolute atomic E-state index is 0.139. The van der Waals surface area contributed by atoms with Crippen molar-refractivity contribution in [3.05, 3.63) is 23.3 Å². The van der Waals surface area contributed by atoms with E-state index in [4.69, 9.17) is 16.3 Å². The third-order valence-electron chi connectivity index (χ3n) is 3.42. The minimum Gasteiger partial charge on any atom is -0.367 e. The number of alkyl halides is 1. The van der Waals surface area contributed by atoms with Crippen LogP contribution >= 0.6 is 11.6 Å². The molecular weight excluding hydrogens is 232 g/mol. The summed E-state index contributed by atoms with van der Waals surface area (Å²) in [7, 11) is 0. The van der Waals surface area contributed by atoms with E-state index in [2.05, 4.69) is 39.8 Å². The van der Waals surface area contributed by atoms with Gasteiger partial charge in [-0.25, -0.2) is 0 Å². The number of rotatable bonds is 7. The van der Waals surface area contributed by atoms with Crippen LogP contribution in [0.3, 0.4) is 0 Å². The first-order chi connectivity index (χ1) is 7.95. The molecule has 0 unspecified atom stereocenters. The quantitative estimate of drug-likeness (QED) is 0.360. The van der Waals surface area contributed by atoms with Crippen LogP contribution in [-0.4, -0.2) is 17.6 Å². The predicted molar refractivity (Wildman–Crippen MR) is 75.7 cm³/mol. The van der Waals surface area contributed by atoms with Crippen molar-refractivity contribution in [1.82, 2.24) is 0 Å². The van der Waals surface area contributed by atoms with Crippen molar-refractivity contribution in [2.45, 2.75) is 65.1 Å². The molecule has 0 aromatic rings. The van der Waals surface area contributed by atoms with E-state index in [1.54, 1.807) is 0 Å². The number of hydrogen-bond donors (Lipinski definition) is 0.